The predicted octanol–water partition coefficient (Wildman–Crippen LogP) is 1.31. The molecule has 0 bridgehead atoms. The fourth-order valence-corrected chi connectivity index (χ4v) is 0.294. The van der Waals surface area contributed by atoms with Crippen LogP contribution in [0, 0.1) is 5.92 Å². The zero-order valence-corrected chi connectivity index (χ0v) is 5.14. The Bertz CT molecular complexity index is 112. The summed E-state index contributed by atoms with van der Waals surface area (Å²) in [5.41, 5.74) is 0. The van der Waals surface area contributed by atoms with Crippen LogP contribution >= 0.6 is 0 Å². The van der Waals surface area contributed by atoms with Gasteiger partial charge in [-0.15, -0.1) is 0 Å². The van der Waals surface area contributed by atoms with Crippen LogP contribution in [0.2, 0.25) is 0 Å². The van der Waals surface area contributed by atoms with Crippen molar-refractivity contribution in [3.05, 3.63) is 5.76 Å². The van der Waals surface area contributed by atoms with Gasteiger partial charge in [0.2, 0.25) is 0 Å². The van der Waals surface area contributed by atoms with E-state index < -0.39 is 0 Å². The van der Waals surface area contributed by atoms with E-state index in [9.17, 15) is 4.79 Å². The maximum Gasteiger partial charge on any atom is 0.179 e. The summed E-state index contributed by atoms with van der Waals surface area (Å²) in [6, 6.07) is 0. The van der Waals surface area contributed by atoms with Crippen LogP contribution in [0.5, 0.6) is 0 Å². The van der Waals surface area contributed by atoms with Crippen LogP contribution in [0.1, 0.15) is 20.3 Å². The van der Waals surface area contributed by atoms with Crippen LogP contribution in [-0.4, -0.2) is 11.0 Å². The van der Waals surface area contributed by atoms with Crippen molar-refractivity contribution < 1.29 is 9.90 Å². The molecule has 0 aromatic rings. The molecule has 1 unspecified atom stereocenters. The van der Waals surface area contributed by atoms with E-state index >= 15 is 0 Å². The molecule has 0 spiro atoms. The molecule has 1 N–H and O–H groups in total. The highest BCUT2D eigenvalue weighted by molar-refractivity contribution is 5.49. The highest BCUT2D eigenvalue weighted by Crippen LogP contribution is 2.06. The van der Waals surface area contributed by atoms with E-state index in [1.807, 2.05) is 6.92 Å². The average Bonchev–Trinajstić information content (AvgIpc) is 1.84. The van der Waals surface area contributed by atoms with Crippen molar-refractivity contribution >= 4 is 5.94 Å². The van der Waals surface area contributed by atoms with E-state index in [4.69, 9.17) is 5.11 Å². The second-order valence-electron chi connectivity index (χ2n) is 1.80. The van der Waals surface area contributed by atoms with Crippen molar-refractivity contribution in [1.82, 2.24) is 0 Å². The Morgan fingerprint density at radius 1 is 1.88 bits per heavy atom. The van der Waals surface area contributed by atoms with Gasteiger partial charge in [0.25, 0.3) is 0 Å². The zero-order chi connectivity index (χ0) is 6.57. The summed E-state index contributed by atoms with van der Waals surface area (Å²) in [4.78, 5) is 9.69. The van der Waals surface area contributed by atoms with E-state index in [0.717, 1.165) is 6.42 Å². The molecule has 2 nitrogen and oxygen atoms in total. The molecular weight excluding hydrogens is 104 g/mol. The van der Waals surface area contributed by atoms with Gasteiger partial charge in [0.1, 0.15) is 0 Å². The summed E-state index contributed by atoms with van der Waals surface area (Å²) in [7, 11) is 0. The van der Waals surface area contributed by atoms with E-state index in [1.54, 1.807) is 6.92 Å². The van der Waals surface area contributed by atoms with E-state index in [-0.39, 0.29) is 11.7 Å². The molecule has 1 atom stereocenters. The summed E-state index contributed by atoms with van der Waals surface area (Å²) in [6.07, 6.45) is 0.779. The second kappa shape index (κ2) is 3.28. The smallest absolute Gasteiger partial charge is 0.179 e. The highest BCUT2D eigenvalue weighted by atomic mass is 16.3. The summed E-state index contributed by atoms with van der Waals surface area (Å²) in [5.74, 6) is 1.23. The first-order chi connectivity index (χ1) is 3.72. The third kappa shape index (κ3) is 1.80. The Hall–Kier alpha value is -0.750. The van der Waals surface area contributed by atoms with Crippen molar-refractivity contribution in [3.63, 3.8) is 0 Å². The number of allylic oxidation sites excluding steroid dienone is 1. The molecule has 0 saturated heterocycles. The Labute approximate surface area is 48.8 Å². The SMILES string of the molecule is CCC(C)C(O)=C=O. The highest BCUT2D eigenvalue weighted by Gasteiger charge is 2.02. The van der Waals surface area contributed by atoms with Crippen molar-refractivity contribution in [2.75, 3.05) is 0 Å². The molecule has 0 aliphatic rings. The van der Waals surface area contributed by atoms with Crippen LogP contribution in [0.15, 0.2) is 5.76 Å². The molecule has 8 heavy (non-hydrogen) atoms. The molecule has 0 saturated carbocycles. The van der Waals surface area contributed by atoms with E-state index in [1.165, 1.54) is 5.94 Å². The average molecular weight is 114 g/mol. The van der Waals surface area contributed by atoms with Gasteiger partial charge in [0.05, 0.1) is 0 Å². The number of hydrogen-bond acceptors (Lipinski definition) is 2. The van der Waals surface area contributed by atoms with Crippen LogP contribution in [0.4, 0.5) is 0 Å². The molecule has 0 aromatic heterocycles. The van der Waals surface area contributed by atoms with Gasteiger partial charge in [-0.2, -0.15) is 0 Å². The summed E-state index contributed by atoms with van der Waals surface area (Å²) in [6.45, 7) is 3.68. The topological polar surface area (TPSA) is 37.3 Å². The number of carbonyl (C=O) groups excluding carboxylic acids is 1. The molecule has 46 valence electrons. The van der Waals surface area contributed by atoms with Crippen LogP contribution in [-0.2, 0) is 4.79 Å². The molecule has 0 aromatic carbocycles. The van der Waals surface area contributed by atoms with Crippen LogP contribution < -0.4 is 0 Å². The number of aliphatic hydroxyl groups excluding tert-OH is 1. The minimum atomic E-state index is -0.174. The zero-order valence-electron chi connectivity index (χ0n) is 5.14. The van der Waals surface area contributed by atoms with Gasteiger partial charge >= 0.3 is 0 Å². The first-order valence-electron chi connectivity index (χ1n) is 2.66. The van der Waals surface area contributed by atoms with Gasteiger partial charge in [0.15, 0.2) is 11.7 Å². The van der Waals surface area contributed by atoms with Crippen molar-refractivity contribution in [3.8, 4) is 0 Å². The van der Waals surface area contributed by atoms with E-state index in [0.29, 0.717) is 0 Å². The predicted molar refractivity (Wildman–Crippen MR) is 31.3 cm³/mol. The largest absolute Gasteiger partial charge is 0.502 e. The minimum absolute atomic E-state index is 0.0347. The van der Waals surface area contributed by atoms with Crippen molar-refractivity contribution in [1.29, 1.82) is 0 Å². The summed E-state index contributed by atoms with van der Waals surface area (Å²) in [5, 5.41) is 8.62. The molecule has 0 aliphatic heterocycles. The Morgan fingerprint density at radius 2 is 2.38 bits per heavy atom. The maximum absolute atomic E-state index is 9.69. The number of aliphatic hydroxyl groups is 1. The lowest BCUT2D eigenvalue weighted by molar-refractivity contribution is 0.339. The minimum Gasteiger partial charge on any atom is -0.502 e. The molecule has 0 aliphatic carbocycles. The number of rotatable bonds is 2. The third-order valence-corrected chi connectivity index (χ3v) is 1.18. The summed E-state index contributed by atoms with van der Waals surface area (Å²) < 4.78 is 0. The fraction of sp³-hybridized carbons (Fsp3) is 0.667. The second-order valence-corrected chi connectivity index (χ2v) is 1.80. The van der Waals surface area contributed by atoms with Gasteiger partial charge in [-0.3, -0.25) is 0 Å². The Balaban J connectivity index is 3.82. The fourth-order valence-electron chi connectivity index (χ4n) is 0.294. The van der Waals surface area contributed by atoms with Gasteiger partial charge < -0.3 is 5.11 Å². The summed E-state index contributed by atoms with van der Waals surface area (Å²) >= 11 is 0. The Kier molecular flexibility index (Phi) is 2.97. The van der Waals surface area contributed by atoms with Crippen molar-refractivity contribution in [2.24, 2.45) is 5.92 Å². The molecule has 2 heteroatoms. The molecule has 0 amide bonds. The lowest BCUT2D eigenvalue weighted by atomic mass is 10.1. The van der Waals surface area contributed by atoms with Gasteiger partial charge in [-0.1, -0.05) is 13.8 Å². The first kappa shape index (κ1) is 7.25. The molecule has 0 fully saturated rings. The van der Waals surface area contributed by atoms with Gasteiger partial charge in [0, 0.05) is 5.92 Å². The quantitative estimate of drug-likeness (QED) is 0.434. The molecular formula is C6H10O2. The normalized spacial score (nSPS) is 12.2. The van der Waals surface area contributed by atoms with Crippen LogP contribution in [0.3, 0.4) is 0 Å². The monoisotopic (exact) mass is 114 g/mol. The Morgan fingerprint density at radius 3 is 2.50 bits per heavy atom. The molecule has 0 radical (unpaired) electrons. The lowest BCUT2D eigenvalue weighted by Crippen LogP contribution is -1.96. The third-order valence-electron chi connectivity index (χ3n) is 1.18. The molecule has 0 heterocycles. The van der Waals surface area contributed by atoms with Crippen molar-refractivity contribution in [2.45, 2.75) is 20.3 Å². The van der Waals surface area contributed by atoms with Gasteiger partial charge in [-0.25, -0.2) is 4.79 Å². The number of hydrogen-bond donors (Lipinski definition) is 1. The van der Waals surface area contributed by atoms with Gasteiger partial charge in [-0.05, 0) is 6.42 Å². The first-order valence-corrected chi connectivity index (χ1v) is 2.66. The van der Waals surface area contributed by atoms with E-state index in [2.05, 4.69) is 0 Å². The standard InChI is InChI=1S/C6H10O2/c1-3-5(2)6(8)4-7/h5,8H,3H2,1-2H3. The molecule has 0 rings (SSSR count). The van der Waals surface area contributed by atoms with Crippen LogP contribution in [0.25, 0.3) is 0 Å². The lowest BCUT2D eigenvalue weighted by Gasteiger charge is -1.99. The maximum atomic E-state index is 9.69.